The van der Waals surface area contributed by atoms with Crippen molar-refractivity contribution in [2.75, 3.05) is 0 Å². The van der Waals surface area contributed by atoms with E-state index in [1.165, 1.54) is 24.8 Å². The Balaban J connectivity index is 1.60. The first-order valence-corrected chi connectivity index (χ1v) is 11.3. The van der Waals surface area contributed by atoms with Crippen LogP contribution in [0.4, 0.5) is 0 Å². The number of rotatable bonds is 5. The van der Waals surface area contributed by atoms with Crippen LogP contribution in [-0.2, 0) is 4.79 Å². The quantitative estimate of drug-likeness (QED) is 0.204. The molecule has 1 aliphatic carbocycles. The van der Waals surface area contributed by atoms with E-state index < -0.39 is 5.97 Å². The van der Waals surface area contributed by atoms with E-state index in [-0.39, 0.29) is 22.4 Å². The lowest BCUT2D eigenvalue weighted by Crippen LogP contribution is -2.28. The summed E-state index contributed by atoms with van der Waals surface area (Å²) in [7, 11) is 0. The summed E-state index contributed by atoms with van der Waals surface area (Å²) in [6.07, 6.45) is 6.61. The standard InChI is InChI=1S/C25H22Cl2N2O3/c26-18-11-12-20(22(27)14-18)25(31)32-23-13-10-16-6-4-5-9-19(16)21(23)15-28-29-24(30)17-7-2-1-3-8-17/h4-6,9-15,17H,1-3,7-8H2,(H,29,30). The van der Waals surface area contributed by atoms with Crippen molar-refractivity contribution < 1.29 is 14.3 Å². The minimum Gasteiger partial charge on any atom is -0.422 e. The van der Waals surface area contributed by atoms with Crippen molar-refractivity contribution in [3.8, 4) is 5.75 Å². The van der Waals surface area contributed by atoms with Gasteiger partial charge in [0.15, 0.2) is 0 Å². The van der Waals surface area contributed by atoms with Crippen LogP contribution in [0.15, 0.2) is 59.7 Å². The van der Waals surface area contributed by atoms with E-state index in [1.807, 2.05) is 30.3 Å². The van der Waals surface area contributed by atoms with Gasteiger partial charge in [0.25, 0.3) is 0 Å². The molecule has 3 aromatic rings. The minimum absolute atomic E-state index is 0.00207. The number of esters is 1. The summed E-state index contributed by atoms with van der Waals surface area (Å²) in [5, 5.41) is 6.61. The summed E-state index contributed by atoms with van der Waals surface area (Å²) in [6.45, 7) is 0. The minimum atomic E-state index is -0.608. The van der Waals surface area contributed by atoms with Crippen LogP contribution in [0, 0.1) is 5.92 Å². The zero-order chi connectivity index (χ0) is 22.5. The molecule has 1 amide bonds. The second-order valence-corrected chi connectivity index (χ2v) is 8.63. The summed E-state index contributed by atoms with van der Waals surface area (Å²) in [4.78, 5) is 25.2. The fourth-order valence-corrected chi connectivity index (χ4v) is 4.41. The Bertz CT molecular complexity index is 1190. The number of hydrazone groups is 1. The predicted octanol–water partition coefficient (Wildman–Crippen LogP) is 6.40. The average Bonchev–Trinajstić information content (AvgIpc) is 2.80. The fourth-order valence-electron chi connectivity index (χ4n) is 3.92. The van der Waals surface area contributed by atoms with Gasteiger partial charge in [0.1, 0.15) is 5.75 Å². The van der Waals surface area contributed by atoms with Crippen molar-refractivity contribution in [2.24, 2.45) is 11.0 Å². The number of amides is 1. The second-order valence-electron chi connectivity index (χ2n) is 7.78. The molecule has 0 spiro atoms. The van der Waals surface area contributed by atoms with Crippen LogP contribution >= 0.6 is 23.2 Å². The molecule has 0 atom stereocenters. The molecule has 0 bridgehead atoms. The Morgan fingerprint density at radius 2 is 1.78 bits per heavy atom. The molecule has 0 radical (unpaired) electrons. The molecule has 1 N–H and O–H groups in total. The van der Waals surface area contributed by atoms with Gasteiger partial charge < -0.3 is 4.74 Å². The van der Waals surface area contributed by atoms with Gasteiger partial charge >= 0.3 is 5.97 Å². The molecule has 3 aromatic carbocycles. The largest absolute Gasteiger partial charge is 0.422 e. The highest BCUT2D eigenvalue weighted by Gasteiger charge is 2.21. The zero-order valence-corrected chi connectivity index (χ0v) is 18.8. The number of nitrogens with zero attached hydrogens (tertiary/aromatic N) is 1. The molecule has 0 unspecified atom stereocenters. The molecular formula is C25H22Cl2N2O3. The van der Waals surface area contributed by atoms with E-state index in [9.17, 15) is 9.59 Å². The van der Waals surface area contributed by atoms with Crippen molar-refractivity contribution in [1.29, 1.82) is 0 Å². The van der Waals surface area contributed by atoms with Crippen LogP contribution in [0.2, 0.25) is 10.0 Å². The first-order chi connectivity index (χ1) is 15.5. The third-order valence-corrected chi connectivity index (χ3v) is 6.18. The van der Waals surface area contributed by atoms with Gasteiger partial charge in [-0.3, -0.25) is 4.79 Å². The molecule has 0 heterocycles. The van der Waals surface area contributed by atoms with Gasteiger partial charge in [-0.1, -0.05) is 72.8 Å². The number of carbonyl (C=O) groups excluding carboxylic acids is 2. The van der Waals surface area contributed by atoms with Gasteiger partial charge in [0, 0.05) is 16.5 Å². The Kier molecular flexibility index (Phi) is 7.08. The van der Waals surface area contributed by atoms with Gasteiger partial charge in [-0.15, -0.1) is 0 Å². The number of fused-ring (bicyclic) bond motifs is 1. The first-order valence-electron chi connectivity index (χ1n) is 10.5. The maximum Gasteiger partial charge on any atom is 0.345 e. The highest BCUT2D eigenvalue weighted by Crippen LogP contribution is 2.29. The molecule has 164 valence electrons. The molecule has 1 fully saturated rings. The number of hydrogen-bond acceptors (Lipinski definition) is 4. The van der Waals surface area contributed by atoms with Gasteiger partial charge in [-0.05, 0) is 47.9 Å². The Labute approximate surface area is 196 Å². The van der Waals surface area contributed by atoms with E-state index in [1.54, 1.807) is 12.1 Å². The Hall–Kier alpha value is -2.89. The van der Waals surface area contributed by atoms with Gasteiger partial charge in [-0.25, -0.2) is 10.2 Å². The topological polar surface area (TPSA) is 67.8 Å². The molecule has 7 heteroatoms. The molecule has 1 aliphatic rings. The van der Waals surface area contributed by atoms with Gasteiger partial charge in [0.05, 0.1) is 16.8 Å². The van der Waals surface area contributed by atoms with Crippen LogP contribution in [0.1, 0.15) is 48.0 Å². The highest BCUT2D eigenvalue weighted by molar-refractivity contribution is 6.36. The van der Waals surface area contributed by atoms with E-state index in [0.717, 1.165) is 36.5 Å². The van der Waals surface area contributed by atoms with Crippen molar-refractivity contribution in [3.63, 3.8) is 0 Å². The number of hydrogen-bond donors (Lipinski definition) is 1. The molecule has 32 heavy (non-hydrogen) atoms. The van der Waals surface area contributed by atoms with Crippen molar-refractivity contribution in [3.05, 3.63) is 75.8 Å². The number of nitrogens with one attached hydrogen (secondary N) is 1. The lowest BCUT2D eigenvalue weighted by Gasteiger charge is -2.19. The maximum absolute atomic E-state index is 12.8. The van der Waals surface area contributed by atoms with Crippen LogP contribution in [0.3, 0.4) is 0 Å². The third-order valence-electron chi connectivity index (χ3n) is 5.63. The maximum atomic E-state index is 12.8. The highest BCUT2D eigenvalue weighted by atomic mass is 35.5. The lowest BCUT2D eigenvalue weighted by molar-refractivity contribution is -0.125. The van der Waals surface area contributed by atoms with Crippen LogP contribution < -0.4 is 10.2 Å². The van der Waals surface area contributed by atoms with Crippen LogP contribution in [0.5, 0.6) is 5.75 Å². The summed E-state index contributed by atoms with van der Waals surface area (Å²) >= 11 is 12.1. The molecule has 4 rings (SSSR count). The van der Waals surface area contributed by atoms with Crippen LogP contribution in [-0.4, -0.2) is 18.1 Å². The van der Waals surface area contributed by atoms with Gasteiger partial charge in [0.2, 0.25) is 5.91 Å². The predicted molar refractivity (Wildman–Crippen MR) is 128 cm³/mol. The number of ether oxygens (including phenoxy) is 1. The lowest BCUT2D eigenvalue weighted by atomic mass is 9.89. The van der Waals surface area contributed by atoms with E-state index in [4.69, 9.17) is 27.9 Å². The average molecular weight is 469 g/mol. The second kappa shape index (κ2) is 10.2. The van der Waals surface area contributed by atoms with E-state index >= 15 is 0 Å². The molecule has 5 nitrogen and oxygen atoms in total. The third kappa shape index (κ3) is 5.12. The molecule has 0 aliphatic heterocycles. The Morgan fingerprint density at radius 1 is 1.00 bits per heavy atom. The molecular weight excluding hydrogens is 447 g/mol. The van der Waals surface area contributed by atoms with Crippen molar-refractivity contribution in [2.45, 2.75) is 32.1 Å². The zero-order valence-electron chi connectivity index (χ0n) is 17.3. The van der Waals surface area contributed by atoms with Gasteiger partial charge in [-0.2, -0.15) is 5.10 Å². The summed E-state index contributed by atoms with van der Waals surface area (Å²) in [5.74, 6) is -0.372. The summed E-state index contributed by atoms with van der Waals surface area (Å²) in [5.41, 5.74) is 3.44. The summed E-state index contributed by atoms with van der Waals surface area (Å²) < 4.78 is 5.66. The SMILES string of the molecule is O=C(Oc1ccc2ccccc2c1C=NNC(=O)C1CCCCC1)c1ccc(Cl)cc1Cl. The molecule has 0 aromatic heterocycles. The smallest absolute Gasteiger partial charge is 0.345 e. The number of halogens is 2. The first kappa shape index (κ1) is 22.3. The molecule has 1 saturated carbocycles. The fraction of sp³-hybridized carbons (Fsp3) is 0.240. The summed E-state index contributed by atoms with van der Waals surface area (Å²) in [6, 6.07) is 15.8. The number of carbonyl (C=O) groups is 2. The number of benzene rings is 3. The monoisotopic (exact) mass is 468 g/mol. The van der Waals surface area contributed by atoms with E-state index in [2.05, 4.69) is 10.5 Å². The van der Waals surface area contributed by atoms with Crippen molar-refractivity contribution >= 4 is 52.1 Å². The van der Waals surface area contributed by atoms with Crippen molar-refractivity contribution in [1.82, 2.24) is 5.43 Å². The molecule has 0 saturated heterocycles. The Morgan fingerprint density at radius 3 is 2.56 bits per heavy atom. The van der Waals surface area contributed by atoms with Crippen LogP contribution in [0.25, 0.3) is 10.8 Å². The van der Waals surface area contributed by atoms with E-state index in [0.29, 0.717) is 16.3 Å². The normalized spacial score (nSPS) is 14.6.